The number of carboxylic acids is 1. The number of anilines is 6. The number of fused-ring (bicyclic) bond motifs is 2. The minimum atomic E-state index is -1.20. The molecule has 0 saturated carbocycles. The number of rotatable bonds is 5. The van der Waals surface area contributed by atoms with E-state index in [1.54, 1.807) is 31.2 Å². The number of carboxylic acid groups (broad SMARTS) is 1. The molecule has 8 heterocycles. The zero-order valence-corrected chi connectivity index (χ0v) is 35.6. The van der Waals surface area contributed by atoms with Crippen LogP contribution in [0.15, 0.2) is 36.7 Å². The van der Waals surface area contributed by atoms with Gasteiger partial charge in [0.25, 0.3) is 0 Å². The Bertz CT molecular complexity index is 2970. The van der Waals surface area contributed by atoms with E-state index in [2.05, 4.69) is 26.7 Å². The molecule has 6 aromatic rings. The summed E-state index contributed by atoms with van der Waals surface area (Å²) < 4.78 is 26.9. The Morgan fingerprint density at radius 1 is 0.800 bits per heavy atom. The van der Waals surface area contributed by atoms with Crippen molar-refractivity contribution in [2.45, 2.75) is 6.92 Å². The first-order valence-electron chi connectivity index (χ1n) is 16.6. The van der Waals surface area contributed by atoms with E-state index in [1.807, 2.05) is 6.07 Å². The second-order valence-electron chi connectivity index (χ2n) is 12.1. The van der Waals surface area contributed by atoms with Gasteiger partial charge in [0.2, 0.25) is 13.6 Å². The summed E-state index contributed by atoms with van der Waals surface area (Å²) in [5, 5.41) is 35.3. The van der Waals surface area contributed by atoms with Crippen molar-refractivity contribution in [2.75, 3.05) is 40.6 Å². The number of benzene rings is 2. The van der Waals surface area contributed by atoms with Crippen molar-refractivity contribution >= 4 is 124 Å². The number of nitriles is 2. The fourth-order valence-electron chi connectivity index (χ4n) is 6.69. The minimum Gasteiger partial charge on any atom is -0.870 e. The van der Waals surface area contributed by atoms with E-state index in [0.717, 1.165) is 22.7 Å². The number of esters is 1. The molecule has 0 spiro atoms. The van der Waals surface area contributed by atoms with Gasteiger partial charge in [-0.05, 0) is 31.2 Å². The fraction of sp³-hybridized carbons (Fsp3) is 0.111. The topological polar surface area (TPSA) is 269 Å². The van der Waals surface area contributed by atoms with Crippen LogP contribution in [0.25, 0.3) is 20.4 Å². The Morgan fingerprint density at radius 3 is 1.68 bits per heavy atom. The summed E-state index contributed by atoms with van der Waals surface area (Å²) in [6.07, 6.45) is 2.65. The molecule has 4 aromatic heterocycles. The molecule has 10 rings (SSSR count). The van der Waals surface area contributed by atoms with Crippen LogP contribution in [0, 0.1) is 22.7 Å². The SMILES string of the molecule is CCOC(=O)c1sc2ncc(C#N)c3c2c1NC(=O)N3c1c(Cl)ccc2c1OCO2.N#Cc1cnc2sc(C(=O)O)c3c2c1N(c1c(Cl)ccc2c1OCO2)C(=O)N3.[Na+].[OH-]. The van der Waals surface area contributed by atoms with Gasteiger partial charge in [0.15, 0.2) is 23.0 Å². The molecule has 0 radical (unpaired) electrons. The van der Waals surface area contributed by atoms with E-state index < -0.39 is 24.0 Å². The van der Waals surface area contributed by atoms with Gasteiger partial charge in [-0.2, -0.15) is 10.5 Å². The summed E-state index contributed by atoms with van der Waals surface area (Å²) in [5.41, 5.74) is 1.49. The molecule has 4 amide bonds. The van der Waals surface area contributed by atoms with Crippen LogP contribution in [0.2, 0.25) is 10.0 Å². The standard InChI is InChI=1S/C19H11ClN4O5S.C17H7ClN4O5S.Na.H2O/c1-2-27-18(25)16-12-11-13(8(5-21)6-22-17(11)30-16)24(19(26)23-12)14-9(20)3-4-10-15(14)29-7-28-10;18-7-1-2-8-13(27-5-26-8)12(7)22-11-6(3-19)4-20-15-9(11)10(21-17(22)25)14(28-15)16(23)24;;/h3-4,6H,2,7H2,1H3,(H,23,26);1-2,4H,5H2,(H,21,25)(H,23,24);;1H2/q;;+1;/p-1. The van der Waals surface area contributed by atoms with Gasteiger partial charge in [-0.25, -0.2) is 29.1 Å². The molecule has 0 aliphatic carbocycles. The van der Waals surface area contributed by atoms with Gasteiger partial charge in [0.1, 0.15) is 42.9 Å². The largest absolute Gasteiger partial charge is 1.00 e. The summed E-state index contributed by atoms with van der Waals surface area (Å²) in [6, 6.07) is 9.15. The number of halogens is 2. The average molecular weight is 898 g/mol. The second-order valence-corrected chi connectivity index (χ2v) is 14.9. The maximum Gasteiger partial charge on any atom is 1.00 e. The first kappa shape index (κ1) is 42.0. The Hall–Kier alpha value is -6.14. The number of carbonyl (C=O) groups is 4. The molecule has 4 N–H and O–H groups in total. The van der Waals surface area contributed by atoms with Gasteiger partial charge in [-0.15, -0.1) is 22.7 Å². The summed E-state index contributed by atoms with van der Waals surface area (Å²) >= 11 is 14.8. The third-order valence-electron chi connectivity index (χ3n) is 8.97. The minimum absolute atomic E-state index is 0. The summed E-state index contributed by atoms with van der Waals surface area (Å²) in [5.74, 6) is -0.409. The molecule has 4 aliphatic heterocycles. The van der Waals surface area contributed by atoms with Gasteiger partial charge in [-0.1, -0.05) is 23.2 Å². The Morgan fingerprint density at radius 2 is 1.25 bits per heavy atom. The number of urea groups is 2. The monoisotopic (exact) mass is 896 g/mol. The van der Waals surface area contributed by atoms with Crippen LogP contribution in [0.1, 0.15) is 37.4 Å². The third-order valence-corrected chi connectivity index (χ3v) is 11.7. The summed E-state index contributed by atoms with van der Waals surface area (Å²) in [4.78, 5) is 62.2. The Balaban J connectivity index is 0.000000176. The van der Waals surface area contributed by atoms with Gasteiger partial charge < -0.3 is 44.9 Å². The summed E-state index contributed by atoms with van der Waals surface area (Å²) in [7, 11) is 0. The second kappa shape index (κ2) is 16.1. The van der Waals surface area contributed by atoms with Crippen molar-refractivity contribution in [3.63, 3.8) is 0 Å². The van der Waals surface area contributed by atoms with E-state index in [-0.39, 0.29) is 132 Å². The van der Waals surface area contributed by atoms with E-state index in [0.29, 0.717) is 31.9 Å². The number of hydrogen-bond acceptors (Lipinski definition) is 16. The number of amides is 4. The number of nitrogens with zero attached hydrogens (tertiary/aromatic N) is 6. The van der Waals surface area contributed by atoms with Gasteiger partial charge in [0.05, 0.1) is 61.3 Å². The molecule has 296 valence electrons. The smallest absolute Gasteiger partial charge is 0.870 e. The fourth-order valence-corrected chi connectivity index (χ4v) is 9.10. The number of ether oxygens (including phenoxy) is 5. The van der Waals surface area contributed by atoms with Crippen molar-refractivity contribution in [3.8, 4) is 35.1 Å². The van der Waals surface area contributed by atoms with Crippen LogP contribution < -0.4 is 68.9 Å². The van der Waals surface area contributed by atoms with E-state index >= 15 is 0 Å². The van der Waals surface area contributed by atoms with Crippen LogP contribution in [-0.2, 0) is 4.74 Å². The average Bonchev–Trinajstić information content (AvgIpc) is 4.03. The molecule has 2 aromatic carbocycles. The molecule has 4 aliphatic rings. The molecule has 19 nitrogen and oxygen atoms in total. The molecule has 0 saturated heterocycles. The zero-order chi connectivity index (χ0) is 40.6. The van der Waals surface area contributed by atoms with Crippen LogP contribution >= 0.6 is 45.9 Å². The number of thiophene rings is 2. The molecule has 24 heteroatoms. The molecule has 0 atom stereocenters. The van der Waals surface area contributed by atoms with Crippen molar-refractivity contribution in [1.29, 1.82) is 10.5 Å². The van der Waals surface area contributed by atoms with Crippen LogP contribution in [0.4, 0.5) is 43.7 Å². The van der Waals surface area contributed by atoms with Crippen molar-refractivity contribution in [2.24, 2.45) is 0 Å². The molecule has 60 heavy (non-hydrogen) atoms. The van der Waals surface area contributed by atoms with Crippen molar-refractivity contribution < 1.29 is 83.0 Å². The maximum atomic E-state index is 13.2. The van der Waals surface area contributed by atoms with Crippen LogP contribution in [-0.4, -0.2) is 64.7 Å². The van der Waals surface area contributed by atoms with E-state index in [9.17, 15) is 34.8 Å². The van der Waals surface area contributed by atoms with Gasteiger partial charge in [0, 0.05) is 12.4 Å². The van der Waals surface area contributed by atoms with Crippen molar-refractivity contribution in [3.05, 3.63) is 67.6 Å². The quantitative estimate of drug-likeness (QED) is 0.149. The van der Waals surface area contributed by atoms with E-state index in [1.165, 1.54) is 22.2 Å². The first-order chi connectivity index (χ1) is 28.1. The zero-order valence-electron chi connectivity index (χ0n) is 30.4. The number of nitrogens with one attached hydrogen (secondary N) is 2. The molecule has 0 bridgehead atoms. The number of hydrogen-bond donors (Lipinski definition) is 3. The predicted octanol–water partition coefficient (Wildman–Crippen LogP) is 5.17. The Kier molecular flexibility index (Phi) is 11.3. The van der Waals surface area contributed by atoms with Crippen LogP contribution in [0.3, 0.4) is 0 Å². The van der Waals surface area contributed by atoms with E-state index in [4.69, 9.17) is 46.9 Å². The maximum absolute atomic E-state index is 13.2. The molecular weight excluding hydrogens is 878 g/mol. The Labute approximate surface area is 375 Å². The van der Waals surface area contributed by atoms with Gasteiger partial charge in [-0.3, -0.25) is 9.80 Å². The normalized spacial score (nSPS) is 13.6. The summed E-state index contributed by atoms with van der Waals surface area (Å²) in [6.45, 7) is 1.81. The predicted molar refractivity (Wildman–Crippen MR) is 211 cm³/mol. The van der Waals surface area contributed by atoms with Crippen molar-refractivity contribution in [1.82, 2.24) is 9.97 Å². The molecular formula is C36H19Cl2N8NaO11S2. The number of aromatic carboxylic acids is 1. The molecule has 0 fully saturated rings. The third kappa shape index (κ3) is 6.39. The molecule has 0 unspecified atom stereocenters. The number of aromatic nitrogens is 2. The van der Waals surface area contributed by atoms with Crippen LogP contribution in [0.5, 0.6) is 23.0 Å². The number of carbonyl (C=O) groups excluding carboxylic acids is 3. The number of pyridine rings is 2. The first-order valence-corrected chi connectivity index (χ1v) is 18.9. The van der Waals surface area contributed by atoms with Gasteiger partial charge >= 0.3 is 53.6 Å².